The predicted molar refractivity (Wildman–Crippen MR) is 69.1 cm³/mol. The number of pyridine rings is 1. The maximum Gasteiger partial charge on any atom is 0.126 e. The molecule has 0 amide bonds. The molecule has 0 bridgehead atoms. The number of rotatable bonds is 5. The number of hydrogen-bond acceptors (Lipinski definition) is 4. The lowest BCUT2D eigenvalue weighted by Gasteiger charge is -2.13. The van der Waals surface area contributed by atoms with Crippen LogP contribution < -0.4 is 5.32 Å². The average Bonchev–Trinajstić information content (AvgIpc) is 2.90. The minimum atomic E-state index is 0.301. The molecule has 2 heterocycles. The molecule has 92 valence electrons. The van der Waals surface area contributed by atoms with Crippen LogP contribution in [-0.4, -0.2) is 11.0 Å². The molecule has 0 aliphatic carbocycles. The zero-order valence-electron chi connectivity index (χ0n) is 10.3. The summed E-state index contributed by atoms with van der Waals surface area (Å²) in [5.74, 6) is 1.79. The Labute approximate surface area is 106 Å². The van der Waals surface area contributed by atoms with Crippen LogP contribution in [0.5, 0.6) is 0 Å². The van der Waals surface area contributed by atoms with Gasteiger partial charge in [-0.15, -0.1) is 0 Å². The molecule has 2 rings (SSSR count). The molecular formula is C14H15N3O. The molecule has 0 spiro atoms. The molecule has 2 aromatic rings. The fraction of sp³-hybridized carbons (Fsp3) is 0.286. The van der Waals surface area contributed by atoms with E-state index in [2.05, 4.69) is 17.2 Å². The predicted octanol–water partition coefficient (Wildman–Crippen LogP) is 2.98. The Bertz CT molecular complexity index is 511. The van der Waals surface area contributed by atoms with Crippen LogP contribution in [-0.2, 0) is 6.42 Å². The number of nitriles is 1. The van der Waals surface area contributed by atoms with E-state index in [4.69, 9.17) is 9.68 Å². The second-order valence-corrected chi connectivity index (χ2v) is 4.21. The van der Waals surface area contributed by atoms with Gasteiger partial charge in [0, 0.05) is 18.7 Å². The SMILES string of the molecule is C[C@H](CCc1ccco1)Nc1ccc(C#N)cn1. The van der Waals surface area contributed by atoms with Crippen LogP contribution in [0, 0.1) is 11.3 Å². The number of anilines is 1. The number of aromatic nitrogens is 1. The zero-order chi connectivity index (χ0) is 12.8. The summed E-state index contributed by atoms with van der Waals surface area (Å²) in [5, 5.41) is 12.0. The molecule has 2 aromatic heterocycles. The summed E-state index contributed by atoms with van der Waals surface area (Å²) in [7, 11) is 0. The Kier molecular flexibility index (Phi) is 3.98. The van der Waals surface area contributed by atoms with Gasteiger partial charge in [-0.25, -0.2) is 4.98 Å². The molecule has 4 nitrogen and oxygen atoms in total. The number of aryl methyl sites for hydroxylation is 1. The first-order valence-electron chi connectivity index (χ1n) is 5.93. The normalized spacial score (nSPS) is 11.8. The highest BCUT2D eigenvalue weighted by Crippen LogP contribution is 2.10. The van der Waals surface area contributed by atoms with Gasteiger partial charge in [0.2, 0.25) is 0 Å². The smallest absolute Gasteiger partial charge is 0.126 e. The summed E-state index contributed by atoms with van der Waals surface area (Å²) in [5.41, 5.74) is 0.573. The summed E-state index contributed by atoms with van der Waals surface area (Å²) in [4.78, 5) is 4.18. The molecular weight excluding hydrogens is 226 g/mol. The molecule has 0 fully saturated rings. The van der Waals surface area contributed by atoms with Crippen molar-refractivity contribution in [3.05, 3.63) is 48.0 Å². The van der Waals surface area contributed by atoms with Crippen LogP contribution in [0.3, 0.4) is 0 Å². The van der Waals surface area contributed by atoms with E-state index in [0.717, 1.165) is 24.4 Å². The highest BCUT2D eigenvalue weighted by Gasteiger charge is 2.05. The molecule has 0 aliphatic rings. The molecule has 4 heteroatoms. The van der Waals surface area contributed by atoms with E-state index >= 15 is 0 Å². The van der Waals surface area contributed by atoms with E-state index in [9.17, 15) is 0 Å². The summed E-state index contributed by atoms with van der Waals surface area (Å²) in [6, 6.07) is 9.81. The first kappa shape index (κ1) is 12.2. The van der Waals surface area contributed by atoms with E-state index in [1.165, 1.54) is 0 Å². The Morgan fingerprint density at radius 3 is 2.94 bits per heavy atom. The number of nitrogens with zero attached hydrogens (tertiary/aromatic N) is 2. The third-order valence-electron chi connectivity index (χ3n) is 2.69. The minimum absolute atomic E-state index is 0.301. The van der Waals surface area contributed by atoms with Gasteiger partial charge in [-0.2, -0.15) is 5.26 Å². The topological polar surface area (TPSA) is 61.9 Å². The van der Waals surface area contributed by atoms with Crippen LogP contribution in [0.4, 0.5) is 5.82 Å². The van der Waals surface area contributed by atoms with Crippen molar-refractivity contribution in [2.45, 2.75) is 25.8 Å². The van der Waals surface area contributed by atoms with Crippen molar-refractivity contribution >= 4 is 5.82 Å². The fourth-order valence-electron chi connectivity index (χ4n) is 1.68. The largest absolute Gasteiger partial charge is 0.469 e. The first-order chi connectivity index (χ1) is 8.78. The highest BCUT2D eigenvalue weighted by atomic mass is 16.3. The molecule has 0 radical (unpaired) electrons. The van der Waals surface area contributed by atoms with Gasteiger partial charge in [0.25, 0.3) is 0 Å². The van der Waals surface area contributed by atoms with Gasteiger partial charge in [0.15, 0.2) is 0 Å². The van der Waals surface area contributed by atoms with Crippen molar-refractivity contribution in [2.75, 3.05) is 5.32 Å². The summed E-state index contributed by atoms with van der Waals surface area (Å²) >= 11 is 0. The van der Waals surface area contributed by atoms with E-state index in [1.807, 2.05) is 24.3 Å². The Hall–Kier alpha value is -2.28. The third kappa shape index (κ3) is 3.36. The van der Waals surface area contributed by atoms with E-state index in [0.29, 0.717) is 11.6 Å². The molecule has 0 aliphatic heterocycles. The lowest BCUT2D eigenvalue weighted by Crippen LogP contribution is -2.16. The lowest BCUT2D eigenvalue weighted by molar-refractivity contribution is 0.495. The number of hydrogen-bond donors (Lipinski definition) is 1. The first-order valence-corrected chi connectivity index (χ1v) is 5.93. The second-order valence-electron chi connectivity index (χ2n) is 4.21. The standard InChI is InChI=1S/C14H15N3O/c1-11(4-6-13-3-2-8-18-13)17-14-7-5-12(9-15)10-16-14/h2-3,5,7-8,10-11H,4,6H2,1H3,(H,16,17)/t11-/m1/s1. The number of nitrogens with one attached hydrogen (secondary N) is 1. The van der Waals surface area contributed by atoms with Gasteiger partial charge in [-0.05, 0) is 37.6 Å². The molecule has 1 N–H and O–H groups in total. The monoisotopic (exact) mass is 241 g/mol. The maximum absolute atomic E-state index is 8.68. The van der Waals surface area contributed by atoms with Crippen molar-refractivity contribution in [2.24, 2.45) is 0 Å². The summed E-state index contributed by atoms with van der Waals surface area (Å²) < 4.78 is 5.28. The maximum atomic E-state index is 8.68. The van der Waals surface area contributed by atoms with Gasteiger partial charge in [0.1, 0.15) is 17.6 Å². The van der Waals surface area contributed by atoms with Gasteiger partial charge < -0.3 is 9.73 Å². The minimum Gasteiger partial charge on any atom is -0.469 e. The van der Waals surface area contributed by atoms with Crippen LogP contribution in [0.15, 0.2) is 41.1 Å². The van der Waals surface area contributed by atoms with Crippen LogP contribution in [0.2, 0.25) is 0 Å². The van der Waals surface area contributed by atoms with E-state index in [1.54, 1.807) is 18.5 Å². The fourth-order valence-corrected chi connectivity index (χ4v) is 1.68. The number of furan rings is 1. The Morgan fingerprint density at radius 2 is 2.33 bits per heavy atom. The van der Waals surface area contributed by atoms with Crippen molar-refractivity contribution in [1.29, 1.82) is 5.26 Å². The molecule has 0 aromatic carbocycles. The Morgan fingerprint density at radius 1 is 1.44 bits per heavy atom. The van der Waals surface area contributed by atoms with Gasteiger partial charge in [-0.1, -0.05) is 0 Å². The molecule has 0 saturated carbocycles. The van der Waals surface area contributed by atoms with Gasteiger partial charge in [0.05, 0.1) is 11.8 Å². The van der Waals surface area contributed by atoms with Crippen LogP contribution in [0.25, 0.3) is 0 Å². The zero-order valence-corrected chi connectivity index (χ0v) is 10.3. The average molecular weight is 241 g/mol. The van der Waals surface area contributed by atoms with Crippen molar-refractivity contribution in [3.63, 3.8) is 0 Å². The van der Waals surface area contributed by atoms with Crippen molar-refractivity contribution in [3.8, 4) is 6.07 Å². The van der Waals surface area contributed by atoms with Gasteiger partial charge >= 0.3 is 0 Å². The van der Waals surface area contributed by atoms with Crippen molar-refractivity contribution in [1.82, 2.24) is 4.98 Å². The molecule has 1 atom stereocenters. The summed E-state index contributed by atoms with van der Waals surface area (Å²) in [6.45, 7) is 2.10. The quantitative estimate of drug-likeness (QED) is 0.874. The lowest BCUT2D eigenvalue weighted by atomic mass is 10.1. The second kappa shape index (κ2) is 5.87. The van der Waals surface area contributed by atoms with Crippen LogP contribution >= 0.6 is 0 Å². The van der Waals surface area contributed by atoms with Crippen molar-refractivity contribution < 1.29 is 4.42 Å². The highest BCUT2D eigenvalue weighted by molar-refractivity contribution is 5.39. The molecule has 0 saturated heterocycles. The van der Waals surface area contributed by atoms with E-state index < -0.39 is 0 Å². The third-order valence-corrected chi connectivity index (χ3v) is 2.69. The molecule has 18 heavy (non-hydrogen) atoms. The summed E-state index contributed by atoms with van der Waals surface area (Å²) in [6.07, 6.45) is 5.13. The van der Waals surface area contributed by atoms with Crippen LogP contribution in [0.1, 0.15) is 24.7 Å². The Balaban J connectivity index is 1.83. The van der Waals surface area contributed by atoms with E-state index in [-0.39, 0.29) is 0 Å². The molecule has 0 unspecified atom stereocenters. The van der Waals surface area contributed by atoms with Gasteiger partial charge in [-0.3, -0.25) is 0 Å².